The van der Waals surface area contributed by atoms with E-state index in [-0.39, 0.29) is 0 Å². The summed E-state index contributed by atoms with van der Waals surface area (Å²) in [7, 11) is 0. The maximum absolute atomic E-state index is 5.75. The van der Waals surface area contributed by atoms with Crippen molar-refractivity contribution in [1.82, 2.24) is 9.97 Å². The van der Waals surface area contributed by atoms with Crippen LogP contribution in [0.5, 0.6) is 0 Å². The second-order valence-corrected chi connectivity index (χ2v) is 3.75. The number of aromatic nitrogens is 2. The molecule has 76 valence electrons. The second kappa shape index (κ2) is 4.27. The van der Waals surface area contributed by atoms with Crippen LogP contribution in [0.2, 0.25) is 0 Å². The third kappa shape index (κ3) is 2.24. The molecule has 0 aliphatic rings. The van der Waals surface area contributed by atoms with Crippen molar-refractivity contribution in [3.63, 3.8) is 0 Å². The van der Waals surface area contributed by atoms with Crippen LogP contribution in [0.25, 0.3) is 0 Å². The van der Waals surface area contributed by atoms with E-state index in [1.54, 1.807) is 24.5 Å². The Labute approximate surface area is 95.7 Å². The Morgan fingerprint density at radius 2 is 1.73 bits per heavy atom. The maximum Gasteiger partial charge on any atom is 0.154 e. The largest absolute Gasteiger partial charge is 0.396 e. The van der Waals surface area contributed by atoms with E-state index in [1.165, 1.54) is 0 Å². The van der Waals surface area contributed by atoms with Gasteiger partial charge in [0, 0.05) is 12.4 Å². The minimum atomic E-state index is 0.593. The molecule has 0 saturated heterocycles. The van der Waals surface area contributed by atoms with Gasteiger partial charge in [0.05, 0.1) is 10.2 Å². The van der Waals surface area contributed by atoms with E-state index in [4.69, 9.17) is 5.73 Å². The predicted molar refractivity (Wildman–Crippen MR) is 63.9 cm³/mol. The minimum Gasteiger partial charge on any atom is -0.396 e. The van der Waals surface area contributed by atoms with Crippen LogP contribution in [0.3, 0.4) is 0 Å². The summed E-state index contributed by atoms with van der Waals surface area (Å²) in [4.78, 5) is 8.28. The molecule has 0 bridgehead atoms. The zero-order valence-electron chi connectivity index (χ0n) is 7.81. The Bertz CT molecular complexity index is 429. The van der Waals surface area contributed by atoms with E-state index in [2.05, 4.69) is 31.2 Å². The molecule has 0 saturated carbocycles. The molecule has 0 aliphatic heterocycles. The van der Waals surface area contributed by atoms with E-state index in [0.717, 1.165) is 4.47 Å². The van der Waals surface area contributed by atoms with Gasteiger partial charge in [0.15, 0.2) is 5.82 Å². The van der Waals surface area contributed by atoms with Crippen molar-refractivity contribution < 1.29 is 0 Å². The molecule has 5 heteroatoms. The molecule has 0 atom stereocenters. The predicted octanol–water partition coefficient (Wildman–Crippen LogP) is 2.56. The Morgan fingerprint density at radius 1 is 1.07 bits per heavy atom. The third-order valence-electron chi connectivity index (χ3n) is 1.83. The summed E-state index contributed by atoms with van der Waals surface area (Å²) in [6.07, 6.45) is 3.38. The van der Waals surface area contributed by atoms with Gasteiger partial charge in [0.2, 0.25) is 0 Å². The average Bonchev–Trinajstić information content (AvgIpc) is 2.24. The summed E-state index contributed by atoms with van der Waals surface area (Å²) in [5, 5.41) is 3.05. The van der Waals surface area contributed by atoms with Gasteiger partial charge in [0.25, 0.3) is 0 Å². The molecule has 0 fully saturated rings. The lowest BCUT2D eigenvalue weighted by atomic mass is 10.4. The van der Waals surface area contributed by atoms with Crippen LogP contribution in [0.15, 0.2) is 41.1 Å². The van der Waals surface area contributed by atoms with E-state index in [9.17, 15) is 0 Å². The van der Waals surface area contributed by atoms with Gasteiger partial charge in [-0.25, -0.2) is 9.97 Å². The highest BCUT2D eigenvalue weighted by atomic mass is 79.9. The van der Waals surface area contributed by atoms with Crippen molar-refractivity contribution in [2.75, 3.05) is 11.1 Å². The number of nitrogens with zero attached hydrogens (tertiary/aromatic N) is 2. The van der Waals surface area contributed by atoms with Crippen LogP contribution in [-0.4, -0.2) is 9.97 Å². The quantitative estimate of drug-likeness (QED) is 0.875. The van der Waals surface area contributed by atoms with E-state index in [1.807, 2.05) is 12.1 Å². The van der Waals surface area contributed by atoms with E-state index >= 15 is 0 Å². The smallest absolute Gasteiger partial charge is 0.154 e. The summed E-state index contributed by atoms with van der Waals surface area (Å²) >= 11 is 3.38. The molecule has 0 radical (unpaired) electrons. The zero-order valence-corrected chi connectivity index (χ0v) is 9.40. The first-order valence-corrected chi connectivity index (χ1v) is 5.14. The van der Waals surface area contributed by atoms with Gasteiger partial charge in [-0.1, -0.05) is 0 Å². The summed E-state index contributed by atoms with van der Waals surface area (Å²) in [6.45, 7) is 0. The number of hydrogen-bond acceptors (Lipinski definition) is 4. The fourth-order valence-electron chi connectivity index (χ4n) is 1.11. The molecule has 0 spiro atoms. The molecule has 0 amide bonds. The zero-order chi connectivity index (χ0) is 10.7. The van der Waals surface area contributed by atoms with Crippen molar-refractivity contribution in [2.45, 2.75) is 0 Å². The summed E-state index contributed by atoms with van der Waals surface area (Å²) < 4.78 is 0.870. The number of rotatable bonds is 2. The lowest BCUT2D eigenvalue weighted by Gasteiger charge is -2.07. The van der Waals surface area contributed by atoms with Gasteiger partial charge in [0.1, 0.15) is 5.82 Å². The molecular weight excluding hydrogens is 256 g/mol. The normalized spacial score (nSPS) is 9.93. The minimum absolute atomic E-state index is 0.593. The molecular formula is C10H9BrN4. The van der Waals surface area contributed by atoms with Crippen molar-refractivity contribution in [3.05, 3.63) is 41.1 Å². The van der Waals surface area contributed by atoms with Crippen LogP contribution >= 0.6 is 15.9 Å². The molecule has 2 rings (SSSR count). The van der Waals surface area contributed by atoms with Crippen molar-refractivity contribution in [1.29, 1.82) is 0 Å². The molecule has 2 aromatic rings. The third-order valence-corrected chi connectivity index (χ3v) is 2.47. The topological polar surface area (TPSA) is 63.8 Å². The van der Waals surface area contributed by atoms with Gasteiger partial charge in [-0.15, -0.1) is 0 Å². The SMILES string of the molecule is Nc1cccnc1Nc1ncccc1Br. The summed E-state index contributed by atoms with van der Waals surface area (Å²) in [6, 6.07) is 7.31. The second-order valence-electron chi connectivity index (χ2n) is 2.90. The molecule has 2 heterocycles. The van der Waals surface area contributed by atoms with Gasteiger partial charge in [-0.05, 0) is 40.2 Å². The molecule has 15 heavy (non-hydrogen) atoms. The van der Waals surface area contributed by atoms with E-state index < -0.39 is 0 Å². The monoisotopic (exact) mass is 264 g/mol. The number of nitrogens with two attached hydrogens (primary N) is 1. The highest BCUT2D eigenvalue weighted by Gasteiger charge is 2.03. The van der Waals surface area contributed by atoms with Crippen molar-refractivity contribution in [3.8, 4) is 0 Å². The molecule has 0 aromatic carbocycles. The summed E-state index contributed by atoms with van der Waals surface area (Å²) in [5.74, 6) is 1.31. The van der Waals surface area contributed by atoms with Gasteiger partial charge in [-0.2, -0.15) is 0 Å². The van der Waals surface area contributed by atoms with Crippen molar-refractivity contribution in [2.24, 2.45) is 0 Å². The number of anilines is 3. The standard InChI is InChI=1S/C10H9BrN4/c11-7-3-1-5-13-9(7)15-10-8(12)4-2-6-14-10/h1-6H,12H2,(H,13,14,15). The highest BCUT2D eigenvalue weighted by molar-refractivity contribution is 9.10. The van der Waals surface area contributed by atoms with Crippen molar-refractivity contribution >= 4 is 33.3 Å². The van der Waals surface area contributed by atoms with Crippen LogP contribution in [-0.2, 0) is 0 Å². The van der Waals surface area contributed by atoms with Crippen LogP contribution in [0.4, 0.5) is 17.3 Å². The number of nitrogen functional groups attached to an aromatic ring is 1. The first-order chi connectivity index (χ1) is 7.27. The molecule has 0 unspecified atom stereocenters. The Morgan fingerprint density at radius 3 is 2.40 bits per heavy atom. The number of nitrogens with one attached hydrogen (secondary N) is 1. The Kier molecular flexibility index (Phi) is 2.82. The fraction of sp³-hybridized carbons (Fsp3) is 0. The number of pyridine rings is 2. The lowest BCUT2D eigenvalue weighted by Crippen LogP contribution is -2.00. The number of hydrogen-bond donors (Lipinski definition) is 2. The first kappa shape index (κ1) is 9.92. The average molecular weight is 265 g/mol. The van der Waals surface area contributed by atoms with E-state index in [0.29, 0.717) is 17.3 Å². The maximum atomic E-state index is 5.75. The Hall–Kier alpha value is -1.62. The fourth-order valence-corrected chi connectivity index (χ4v) is 1.47. The van der Waals surface area contributed by atoms with Gasteiger partial charge in [-0.3, -0.25) is 0 Å². The molecule has 0 aliphatic carbocycles. The van der Waals surface area contributed by atoms with Crippen LogP contribution in [0.1, 0.15) is 0 Å². The first-order valence-electron chi connectivity index (χ1n) is 4.35. The lowest BCUT2D eigenvalue weighted by molar-refractivity contribution is 1.24. The molecule has 3 N–H and O–H groups in total. The molecule has 4 nitrogen and oxygen atoms in total. The number of halogens is 1. The van der Waals surface area contributed by atoms with Gasteiger partial charge < -0.3 is 11.1 Å². The Balaban J connectivity index is 2.30. The van der Waals surface area contributed by atoms with Crippen LogP contribution < -0.4 is 11.1 Å². The molecule has 2 aromatic heterocycles. The highest BCUT2D eigenvalue weighted by Crippen LogP contribution is 2.24. The van der Waals surface area contributed by atoms with Crippen LogP contribution in [0, 0.1) is 0 Å². The van der Waals surface area contributed by atoms with Gasteiger partial charge >= 0.3 is 0 Å². The summed E-state index contributed by atoms with van der Waals surface area (Å²) in [5.41, 5.74) is 6.34.